The molecule has 0 amide bonds. The van der Waals surface area contributed by atoms with E-state index in [0.29, 0.717) is 11.5 Å². The Labute approximate surface area is 86.7 Å². The predicted octanol–water partition coefficient (Wildman–Crippen LogP) is 1.57. The van der Waals surface area contributed by atoms with Gasteiger partial charge >= 0.3 is 0 Å². The number of hydrogen-bond acceptors (Lipinski definition) is 3. The maximum atomic E-state index is 11.3. The van der Waals surface area contributed by atoms with E-state index in [9.17, 15) is 4.79 Å². The van der Waals surface area contributed by atoms with Crippen molar-refractivity contribution >= 4 is 0 Å². The highest BCUT2D eigenvalue weighted by atomic mass is 16.5. The van der Waals surface area contributed by atoms with E-state index in [1.807, 2.05) is 30.3 Å². The monoisotopic (exact) mass is 202 g/mol. The van der Waals surface area contributed by atoms with Crippen molar-refractivity contribution in [3.63, 3.8) is 0 Å². The van der Waals surface area contributed by atoms with Gasteiger partial charge in [-0.3, -0.25) is 4.79 Å². The van der Waals surface area contributed by atoms with Gasteiger partial charge in [0.25, 0.3) is 5.56 Å². The summed E-state index contributed by atoms with van der Waals surface area (Å²) in [7, 11) is 1.59. The molecule has 76 valence electrons. The van der Waals surface area contributed by atoms with Crippen molar-refractivity contribution in [2.45, 2.75) is 0 Å². The van der Waals surface area contributed by atoms with Crippen LogP contribution in [0.5, 0.6) is 11.5 Å². The van der Waals surface area contributed by atoms with Gasteiger partial charge in [0.15, 0.2) is 5.75 Å². The quantitative estimate of drug-likeness (QED) is 0.742. The zero-order chi connectivity index (χ0) is 10.7. The predicted molar refractivity (Wildman–Crippen MR) is 56.0 cm³/mol. The van der Waals surface area contributed by atoms with Crippen LogP contribution in [0.1, 0.15) is 0 Å². The number of ether oxygens (including phenoxy) is 1. The molecule has 0 radical (unpaired) electrons. The lowest BCUT2D eigenvalue weighted by atomic mass is 10.3. The molecule has 0 unspecified atom stereocenters. The molecule has 0 spiro atoms. The van der Waals surface area contributed by atoms with Crippen LogP contribution in [0.25, 0.3) is 0 Å². The summed E-state index contributed by atoms with van der Waals surface area (Å²) in [5.74, 6) is 1.14. The average Bonchev–Trinajstić information content (AvgIpc) is 2.25. The molecule has 2 aromatic rings. The van der Waals surface area contributed by atoms with Gasteiger partial charge in [0.2, 0.25) is 0 Å². The molecule has 15 heavy (non-hydrogen) atoms. The summed E-state index contributed by atoms with van der Waals surface area (Å²) < 4.78 is 6.69. The first-order valence-electron chi connectivity index (χ1n) is 4.52. The topological polar surface area (TPSA) is 44.1 Å². The highest BCUT2D eigenvalue weighted by molar-refractivity contribution is 5.27. The molecule has 0 atom stereocenters. The lowest BCUT2D eigenvalue weighted by Crippen LogP contribution is -2.17. The van der Waals surface area contributed by atoms with Gasteiger partial charge in [0.1, 0.15) is 5.75 Å². The molecule has 1 aromatic heterocycles. The number of nitrogens with zero attached hydrogens (tertiary/aromatic N) is 2. The van der Waals surface area contributed by atoms with Crippen molar-refractivity contribution in [2.24, 2.45) is 7.05 Å². The first-order chi connectivity index (χ1) is 7.25. The molecule has 0 aliphatic rings. The third kappa shape index (κ3) is 2.22. The summed E-state index contributed by atoms with van der Waals surface area (Å²) in [6.07, 6.45) is 1.51. The van der Waals surface area contributed by atoms with Crippen molar-refractivity contribution in [3.05, 3.63) is 52.9 Å². The van der Waals surface area contributed by atoms with Gasteiger partial charge in [-0.05, 0) is 12.1 Å². The normalized spacial score (nSPS) is 9.93. The summed E-state index contributed by atoms with van der Waals surface area (Å²) in [5, 5.41) is 3.85. The van der Waals surface area contributed by atoms with Crippen molar-refractivity contribution in [3.8, 4) is 11.5 Å². The van der Waals surface area contributed by atoms with E-state index in [0.717, 1.165) is 0 Å². The Morgan fingerprint density at radius 1 is 1.20 bits per heavy atom. The summed E-state index contributed by atoms with van der Waals surface area (Å²) in [6.45, 7) is 0. The van der Waals surface area contributed by atoms with Gasteiger partial charge in [-0.2, -0.15) is 5.10 Å². The lowest BCUT2D eigenvalue weighted by Gasteiger charge is -2.04. The Kier molecular flexibility index (Phi) is 2.49. The van der Waals surface area contributed by atoms with Gasteiger partial charge < -0.3 is 4.74 Å². The largest absolute Gasteiger partial charge is 0.455 e. The van der Waals surface area contributed by atoms with Gasteiger partial charge in [-0.1, -0.05) is 18.2 Å². The molecule has 1 aromatic carbocycles. The van der Waals surface area contributed by atoms with Crippen LogP contribution in [0.4, 0.5) is 0 Å². The number of benzene rings is 1. The van der Waals surface area contributed by atoms with Crippen LogP contribution in [0.15, 0.2) is 47.4 Å². The van der Waals surface area contributed by atoms with Crippen LogP contribution in [-0.2, 0) is 7.05 Å². The Bertz CT molecular complexity index is 505. The van der Waals surface area contributed by atoms with Gasteiger partial charge in [0.05, 0.1) is 6.20 Å². The van der Waals surface area contributed by atoms with Crippen molar-refractivity contribution in [2.75, 3.05) is 0 Å². The molecule has 0 bridgehead atoms. The van der Waals surface area contributed by atoms with E-state index >= 15 is 0 Å². The van der Waals surface area contributed by atoms with E-state index < -0.39 is 0 Å². The first kappa shape index (κ1) is 9.45. The zero-order valence-electron chi connectivity index (χ0n) is 8.25. The van der Waals surface area contributed by atoms with Crippen LogP contribution in [0, 0.1) is 0 Å². The third-order valence-corrected chi connectivity index (χ3v) is 1.92. The number of hydrogen-bond donors (Lipinski definition) is 0. The van der Waals surface area contributed by atoms with Gasteiger partial charge in [-0.25, -0.2) is 4.68 Å². The SMILES string of the molecule is Cn1ncc(Oc2ccccc2)cc1=O. The molecule has 0 fully saturated rings. The molecule has 4 heteroatoms. The fraction of sp³-hybridized carbons (Fsp3) is 0.0909. The summed E-state index contributed by atoms with van der Waals surface area (Å²) in [6, 6.07) is 10.7. The molecule has 0 saturated carbocycles. The van der Waals surface area contributed by atoms with Gasteiger partial charge in [0, 0.05) is 13.1 Å². The molecule has 0 aliphatic heterocycles. The second kappa shape index (κ2) is 3.96. The molecule has 0 aliphatic carbocycles. The molecular formula is C11H10N2O2. The maximum Gasteiger partial charge on any atom is 0.270 e. The Balaban J connectivity index is 2.26. The van der Waals surface area contributed by atoms with Crippen LogP contribution in [-0.4, -0.2) is 9.78 Å². The minimum absolute atomic E-state index is 0.191. The van der Waals surface area contributed by atoms with Crippen LogP contribution in [0.3, 0.4) is 0 Å². The van der Waals surface area contributed by atoms with Crippen molar-refractivity contribution < 1.29 is 4.74 Å². The van der Waals surface area contributed by atoms with Crippen LogP contribution in [0.2, 0.25) is 0 Å². The highest BCUT2D eigenvalue weighted by Gasteiger charge is 1.98. The molecular weight excluding hydrogens is 192 g/mol. The van der Waals surface area contributed by atoms with E-state index in [-0.39, 0.29) is 5.56 Å². The van der Waals surface area contributed by atoms with Crippen LogP contribution >= 0.6 is 0 Å². The zero-order valence-corrected chi connectivity index (χ0v) is 8.25. The average molecular weight is 202 g/mol. The second-order valence-electron chi connectivity index (χ2n) is 3.07. The number of aromatic nitrogens is 2. The number of rotatable bonds is 2. The van der Waals surface area contributed by atoms with Crippen molar-refractivity contribution in [1.82, 2.24) is 9.78 Å². The molecule has 0 saturated heterocycles. The smallest absolute Gasteiger partial charge is 0.270 e. The molecule has 4 nitrogen and oxygen atoms in total. The minimum Gasteiger partial charge on any atom is -0.455 e. The maximum absolute atomic E-state index is 11.3. The minimum atomic E-state index is -0.191. The molecule has 1 heterocycles. The van der Waals surface area contributed by atoms with Crippen molar-refractivity contribution in [1.29, 1.82) is 0 Å². The van der Waals surface area contributed by atoms with E-state index in [1.54, 1.807) is 7.05 Å². The Hall–Kier alpha value is -2.10. The first-order valence-corrected chi connectivity index (χ1v) is 4.52. The van der Waals surface area contributed by atoms with E-state index in [2.05, 4.69) is 5.10 Å². The summed E-state index contributed by atoms with van der Waals surface area (Å²) in [5.41, 5.74) is -0.191. The summed E-state index contributed by atoms with van der Waals surface area (Å²) in [4.78, 5) is 11.3. The number of para-hydroxylation sites is 1. The third-order valence-electron chi connectivity index (χ3n) is 1.92. The van der Waals surface area contributed by atoms with Gasteiger partial charge in [-0.15, -0.1) is 0 Å². The number of aryl methyl sites for hydroxylation is 1. The Morgan fingerprint density at radius 2 is 1.93 bits per heavy atom. The highest BCUT2D eigenvalue weighted by Crippen LogP contribution is 2.17. The standard InChI is InChI=1S/C11H10N2O2/c1-13-11(14)7-10(8-12-13)15-9-5-3-2-4-6-9/h2-8H,1H3. The van der Waals surface area contributed by atoms with Crippen LogP contribution < -0.4 is 10.3 Å². The lowest BCUT2D eigenvalue weighted by molar-refractivity contribution is 0.472. The molecule has 0 N–H and O–H groups in total. The molecule has 2 rings (SSSR count). The Morgan fingerprint density at radius 3 is 2.60 bits per heavy atom. The fourth-order valence-electron chi connectivity index (χ4n) is 1.13. The fourth-order valence-corrected chi connectivity index (χ4v) is 1.13. The van der Waals surface area contributed by atoms with E-state index in [4.69, 9.17) is 4.74 Å². The second-order valence-corrected chi connectivity index (χ2v) is 3.07. The summed E-state index contributed by atoms with van der Waals surface area (Å²) >= 11 is 0. The van der Waals surface area contributed by atoms with E-state index in [1.165, 1.54) is 16.9 Å².